The van der Waals surface area contributed by atoms with E-state index in [9.17, 15) is 0 Å². The van der Waals surface area contributed by atoms with E-state index in [2.05, 4.69) is 56.1 Å². The van der Waals surface area contributed by atoms with Crippen LogP contribution in [0, 0.1) is 5.41 Å². The summed E-state index contributed by atoms with van der Waals surface area (Å²) in [6.07, 6.45) is 3.99. The van der Waals surface area contributed by atoms with Gasteiger partial charge in [0.15, 0.2) is 0 Å². The van der Waals surface area contributed by atoms with Crippen molar-refractivity contribution in [3.63, 3.8) is 0 Å². The van der Waals surface area contributed by atoms with Crippen LogP contribution >= 0.6 is 31.9 Å². The van der Waals surface area contributed by atoms with Crippen LogP contribution in [0.5, 0.6) is 0 Å². The van der Waals surface area contributed by atoms with Crippen LogP contribution in [-0.4, -0.2) is 5.33 Å². The summed E-state index contributed by atoms with van der Waals surface area (Å²) in [5, 5.41) is 1.15. The number of hydrogen-bond donors (Lipinski definition) is 0. The number of benzene rings is 1. The average molecular weight is 304 g/mol. The zero-order valence-electron chi connectivity index (χ0n) is 7.39. The molecule has 2 heteroatoms. The summed E-state index contributed by atoms with van der Waals surface area (Å²) >= 11 is 7.04. The molecular weight excluding hydrogens is 292 g/mol. The maximum Gasteiger partial charge on any atom is 0.0175 e. The van der Waals surface area contributed by atoms with Crippen molar-refractivity contribution in [2.75, 3.05) is 5.33 Å². The summed E-state index contributed by atoms with van der Waals surface area (Å²) in [5.41, 5.74) is 2.05. The Kier molecular flexibility index (Phi) is 2.80. The van der Waals surface area contributed by atoms with Crippen LogP contribution in [-0.2, 0) is 6.42 Å². The second-order valence-electron chi connectivity index (χ2n) is 3.94. The summed E-state index contributed by atoms with van der Waals surface area (Å²) in [7, 11) is 0. The van der Waals surface area contributed by atoms with Crippen molar-refractivity contribution < 1.29 is 0 Å². The molecule has 0 amide bonds. The molecule has 2 rings (SSSR count). The van der Waals surface area contributed by atoms with E-state index in [1.165, 1.54) is 29.3 Å². The number of alkyl halides is 1. The molecule has 0 N–H and O–H groups in total. The molecule has 0 bridgehead atoms. The monoisotopic (exact) mass is 302 g/mol. The molecule has 70 valence electrons. The van der Waals surface area contributed by atoms with E-state index in [1.807, 2.05) is 0 Å². The minimum absolute atomic E-state index is 0.591. The van der Waals surface area contributed by atoms with Gasteiger partial charge in [0.25, 0.3) is 0 Å². The lowest BCUT2D eigenvalue weighted by Gasteiger charge is -2.10. The molecule has 1 aliphatic rings. The van der Waals surface area contributed by atoms with Gasteiger partial charge in [-0.25, -0.2) is 0 Å². The molecule has 0 atom stereocenters. The molecule has 0 radical (unpaired) electrons. The van der Waals surface area contributed by atoms with Crippen LogP contribution in [0.2, 0.25) is 0 Å². The van der Waals surface area contributed by atoms with Crippen LogP contribution in [0.3, 0.4) is 0 Å². The number of hydrogen-bond acceptors (Lipinski definition) is 0. The van der Waals surface area contributed by atoms with Gasteiger partial charge in [0.1, 0.15) is 0 Å². The third-order valence-electron chi connectivity index (χ3n) is 2.73. The van der Waals surface area contributed by atoms with Crippen molar-refractivity contribution in [3.8, 4) is 0 Å². The van der Waals surface area contributed by atoms with Crippen LogP contribution < -0.4 is 0 Å². The first-order chi connectivity index (χ1) is 6.24. The molecule has 0 heterocycles. The molecule has 1 saturated carbocycles. The molecule has 0 aliphatic heterocycles. The maximum absolute atomic E-state index is 3.60. The van der Waals surface area contributed by atoms with Crippen molar-refractivity contribution in [1.29, 1.82) is 0 Å². The number of rotatable bonds is 3. The molecule has 0 saturated heterocycles. The SMILES string of the molecule is BrCC1(Cc2ccc(Br)cc2)CC1. The average Bonchev–Trinajstić information content (AvgIpc) is 2.90. The summed E-state index contributed by atoms with van der Waals surface area (Å²) in [6, 6.07) is 8.68. The fourth-order valence-corrected chi connectivity index (χ4v) is 2.59. The third kappa shape index (κ3) is 2.35. The normalized spacial score (nSPS) is 18.6. The zero-order chi connectivity index (χ0) is 9.31. The Morgan fingerprint density at radius 1 is 1.15 bits per heavy atom. The first-order valence-electron chi connectivity index (χ1n) is 4.55. The zero-order valence-corrected chi connectivity index (χ0v) is 10.6. The predicted molar refractivity (Wildman–Crippen MR) is 63.3 cm³/mol. The molecule has 1 aromatic carbocycles. The highest BCUT2D eigenvalue weighted by molar-refractivity contribution is 9.10. The second kappa shape index (κ2) is 3.74. The summed E-state index contributed by atoms with van der Waals surface area (Å²) in [5.74, 6) is 0. The Morgan fingerprint density at radius 3 is 2.23 bits per heavy atom. The summed E-state index contributed by atoms with van der Waals surface area (Å²) in [4.78, 5) is 0. The quantitative estimate of drug-likeness (QED) is 0.735. The summed E-state index contributed by atoms with van der Waals surface area (Å²) < 4.78 is 1.17. The van der Waals surface area contributed by atoms with E-state index in [0.29, 0.717) is 5.41 Å². The molecule has 1 aromatic rings. The third-order valence-corrected chi connectivity index (χ3v) is 4.45. The van der Waals surface area contributed by atoms with E-state index in [4.69, 9.17) is 0 Å². The van der Waals surface area contributed by atoms with E-state index in [0.717, 1.165) is 5.33 Å². The second-order valence-corrected chi connectivity index (χ2v) is 5.41. The Morgan fingerprint density at radius 2 is 1.77 bits per heavy atom. The Hall–Kier alpha value is 0.180. The Labute approximate surface area is 96.0 Å². The van der Waals surface area contributed by atoms with Gasteiger partial charge in [-0.15, -0.1) is 0 Å². The largest absolute Gasteiger partial charge is 0.0922 e. The lowest BCUT2D eigenvalue weighted by atomic mass is 9.99. The van der Waals surface area contributed by atoms with E-state index < -0.39 is 0 Å². The highest BCUT2D eigenvalue weighted by Gasteiger charge is 2.41. The van der Waals surface area contributed by atoms with Gasteiger partial charge >= 0.3 is 0 Å². The van der Waals surface area contributed by atoms with Gasteiger partial charge in [-0.2, -0.15) is 0 Å². The molecule has 1 fully saturated rings. The predicted octanol–water partition coefficient (Wildman–Crippen LogP) is 4.17. The molecule has 0 aromatic heterocycles. The Balaban J connectivity index is 2.06. The van der Waals surface area contributed by atoms with E-state index in [1.54, 1.807) is 0 Å². The van der Waals surface area contributed by atoms with Gasteiger partial charge in [0, 0.05) is 9.80 Å². The van der Waals surface area contributed by atoms with Gasteiger partial charge in [0.05, 0.1) is 0 Å². The van der Waals surface area contributed by atoms with Crippen LogP contribution in [0.1, 0.15) is 18.4 Å². The van der Waals surface area contributed by atoms with Crippen LogP contribution in [0.4, 0.5) is 0 Å². The van der Waals surface area contributed by atoms with Crippen molar-refractivity contribution in [2.45, 2.75) is 19.3 Å². The molecule has 0 nitrogen and oxygen atoms in total. The molecule has 1 aliphatic carbocycles. The standard InChI is InChI=1S/C11H12Br2/c12-8-11(5-6-11)7-9-1-3-10(13)4-2-9/h1-4H,5-8H2. The molecule has 0 spiro atoms. The van der Waals surface area contributed by atoms with Crippen molar-refractivity contribution in [1.82, 2.24) is 0 Å². The van der Waals surface area contributed by atoms with Crippen molar-refractivity contribution >= 4 is 31.9 Å². The lowest BCUT2D eigenvalue weighted by molar-refractivity contribution is 0.586. The highest BCUT2D eigenvalue weighted by atomic mass is 79.9. The molecule has 13 heavy (non-hydrogen) atoms. The Bertz CT molecular complexity index is 285. The van der Waals surface area contributed by atoms with Gasteiger partial charge in [-0.05, 0) is 42.4 Å². The topological polar surface area (TPSA) is 0 Å². The van der Waals surface area contributed by atoms with Crippen LogP contribution in [0.25, 0.3) is 0 Å². The minimum Gasteiger partial charge on any atom is -0.0922 e. The lowest BCUT2D eigenvalue weighted by Crippen LogP contribution is -2.05. The first kappa shape index (κ1) is 9.72. The maximum atomic E-state index is 3.60. The van der Waals surface area contributed by atoms with Crippen LogP contribution in [0.15, 0.2) is 28.7 Å². The van der Waals surface area contributed by atoms with Crippen molar-refractivity contribution in [2.24, 2.45) is 5.41 Å². The highest BCUT2D eigenvalue weighted by Crippen LogP contribution is 2.49. The molecular formula is C11H12Br2. The summed E-state index contributed by atoms with van der Waals surface area (Å²) in [6.45, 7) is 0. The molecule has 0 unspecified atom stereocenters. The van der Waals surface area contributed by atoms with Gasteiger partial charge < -0.3 is 0 Å². The smallest absolute Gasteiger partial charge is 0.0175 e. The fourth-order valence-electron chi connectivity index (χ4n) is 1.57. The first-order valence-corrected chi connectivity index (χ1v) is 6.46. The van der Waals surface area contributed by atoms with Gasteiger partial charge in [0.2, 0.25) is 0 Å². The fraction of sp³-hybridized carbons (Fsp3) is 0.455. The van der Waals surface area contributed by atoms with Crippen molar-refractivity contribution in [3.05, 3.63) is 34.3 Å². The van der Waals surface area contributed by atoms with Gasteiger partial charge in [-0.3, -0.25) is 0 Å². The minimum atomic E-state index is 0.591. The van der Waals surface area contributed by atoms with E-state index in [-0.39, 0.29) is 0 Å². The van der Waals surface area contributed by atoms with E-state index >= 15 is 0 Å². The van der Waals surface area contributed by atoms with Gasteiger partial charge in [-0.1, -0.05) is 44.0 Å². The number of halogens is 2.